The molecule has 5 heteroatoms. The van der Waals surface area contributed by atoms with Crippen molar-refractivity contribution in [3.8, 4) is 11.5 Å². The maximum absolute atomic E-state index is 13.1. The predicted molar refractivity (Wildman–Crippen MR) is 50.4 cm³/mol. The number of rotatable bonds is 3. The van der Waals surface area contributed by atoms with Crippen LogP contribution in [0, 0.1) is 12.7 Å². The minimum absolute atomic E-state index is 0.0270. The standard InChI is InChI=1S/C10H11FO4/c1-5-4-6(2-3-7(12)13)10(15)8(11)9(5)14/h4,14-15H,2-3H2,1H3,(H,12,13). The maximum Gasteiger partial charge on any atom is 0.303 e. The van der Waals surface area contributed by atoms with Crippen LogP contribution in [0.3, 0.4) is 0 Å². The van der Waals surface area contributed by atoms with E-state index in [1.165, 1.54) is 13.0 Å². The van der Waals surface area contributed by atoms with Gasteiger partial charge in [0.05, 0.1) is 0 Å². The largest absolute Gasteiger partial charge is 0.505 e. The van der Waals surface area contributed by atoms with E-state index >= 15 is 0 Å². The molecule has 0 atom stereocenters. The predicted octanol–water partition coefficient (Wildman–Crippen LogP) is 1.56. The SMILES string of the molecule is Cc1cc(CCC(=O)O)c(O)c(F)c1O. The van der Waals surface area contributed by atoms with Crippen molar-refractivity contribution < 1.29 is 24.5 Å². The molecule has 0 aliphatic heterocycles. The van der Waals surface area contributed by atoms with Gasteiger partial charge in [-0.25, -0.2) is 0 Å². The molecule has 0 aliphatic carbocycles. The molecule has 3 N–H and O–H groups in total. The third-order valence-electron chi connectivity index (χ3n) is 2.09. The Labute approximate surface area is 85.6 Å². The summed E-state index contributed by atoms with van der Waals surface area (Å²) >= 11 is 0. The molecule has 82 valence electrons. The Bertz CT molecular complexity index is 401. The van der Waals surface area contributed by atoms with Gasteiger partial charge in [-0.05, 0) is 30.5 Å². The molecule has 1 aromatic rings. The number of aromatic hydroxyl groups is 2. The smallest absolute Gasteiger partial charge is 0.303 e. The number of phenols is 2. The molecule has 0 unspecified atom stereocenters. The summed E-state index contributed by atoms with van der Waals surface area (Å²) in [6.07, 6.45) is -0.170. The molecule has 0 heterocycles. The van der Waals surface area contributed by atoms with Gasteiger partial charge < -0.3 is 15.3 Å². The first-order valence-corrected chi connectivity index (χ1v) is 4.35. The molecule has 4 nitrogen and oxygen atoms in total. The normalized spacial score (nSPS) is 10.3. The summed E-state index contributed by atoms with van der Waals surface area (Å²) in [5.41, 5.74) is 0.455. The lowest BCUT2D eigenvalue weighted by atomic mass is 10.0. The van der Waals surface area contributed by atoms with E-state index in [0.29, 0.717) is 0 Å². The van der Waals surface area contributed by atoms with Gasteiger partial charge in [0.1, 0.15) is 0 Å². The van der Waals surface area contributed by atoms with E-state index in [9.17, 15) is 14.3 Å². The molecule has 0 aromatic heterocycles. The summed E-state index contributed by atoms with van der Waals surface area (Å²) in [6.45, 7) is 1.47. The Morgan fingerprint density at radius 1 is 1.40 bits per heavy atom. The maximum atomic E-state index is 13.1. The highest BCUT2D eigenvalue weighted by molar-refractivity contribution is 5.67. The van der Waals surface area contributed by atoms with Crippen LogP contribution in [-0.4, -0.2) is 21.3 Å². The lowest BCUT2D eigenvalue weighted by Gasteiger charge is -2.08. The first kappa shape index (κ1) is 11.3. The van der Waals surface area contributed by atoms with Crippen LogP contribution in [-0.2, 0) is 11.2 Å². The molecular weight excluding hydrogens is 203 g/mol. The van der Waals surface area contributed by atoms with Gasteiger partial charge in [-0.2, -0.15) is 4.39 Å². The van der Waals surface area contributed by atoms with E-state index in [0.717, 1.165) is 0 Å². The van der Waals surface area contributed by atoms with Crippen molar-refractivity contribution in [2.45, 2.75) is 19.8 Å². The fraction of sp³-hybridized carbons (Fsp3) is 0.300. The fourth-order valence-corrected chi connectivity index (χ4v) is 1.26. The van der Waals surface area contributed by atoms with E-state index < -0.39 is 23.3 Å². The molecule has 0 aliphatic rings. The minimum atomic E-state index is -1.10. The number of hydrogen-bond acceptors (Lipinski definition) is 3. The Hall–Kier alpha value is -1.78. The van der Waals surface area contributed by atoms with Crippen molar-refractivity contribution in [3.05, 3.63) is 23.0 Å². The quantitative estimate of drug-likeness (QED) is 0.713. The van der Waals surface area contributed by atoms with Gasteiger partial charge in [-0.15, -0.1) is 0 Å². The Morgan fingerprint density at radius 2 is 2.00 bits per heavy atom. The third kappa shape index (κ3) is 2.37. The van der Waals surface area contributed by atoms with Crippen molar-refractivity contribution in [3.63, 3.8) is 0 Å². The minimum Gasteiger partial charge on any atom is -0.505 e. The Morgan fingerprint density at radius 3 is 2.53 bits per heavy atom. The van der Waals surface area contributed by atoms with Crippen LogP contribution < -0.4 is 0 Å². The lowest BCUT2D eigenvalue weighted by molar-refractivity contribution is -0.136. The van der Waals surface area contributed by atoms with Crippen LogP contribution in [0.1, 0.15) is 17.5 Å². The van der Waals surface area contributed by atoms with Gasteiger partial charge in [0.15, 0.2) is 11.5 Å². The van der Waals surface area contributed by atoms with E-state index in [1.807, 2.05) is 0 Å². The number of carboxylic acid groups (broad SMARTS) is 1. The number of hydrogen-bond donors (Lipinski definition) is 3. The molecule has 15 heavy (non-hydrogen) atoms. The number of carboxylic acids is 1. The van der Waals surface area contributed by atoms with Gasteiger partial charge in [0, 0.05) is 6.42 Å². The van der Waals surface area contributed by atoms with E-state index in [2.05, 4.69) is 0 Å². The molecule has 1 aromatic carbocycles. The molecule has 0 saturated carbocycles. The molecule has 0 amide bonds. The van der Waals surface area contributed by atoms with Crippen molar-refractivity contribution >= 4 is 5.97 Å². The summed E-state index contributed by atoms with van der Waals surface area (Å²) in [7, 11) is 0. The van der Waals surface area contributed by atoms with Gasteiger partial charge in [-0.3, -0.25) is 4.79 Å². The second-order valence-electron chi connectivity index (χ2n) is 3.26. The molecule has 0 spiro atoms. The first-order chi connectivity index (χ1) is 6.93. The zero-order chi connectivity index (χ0) is 11.6. The van der Waals surface area contributed by atoms with Crippen LogP contribution in [0.5, 0.6) is 11.5 Å². The van der Waals surface area contributed by atoms with Crippen LogP contribution in [0.25, 0.3) is 0 Å². The van der Waals surface area contributed by atoms with Crippen molar-refractivity contribution in [2.24, 2.45) is 0 Å². The number of benzene rings is 1. The Kier molecular flexibility index (Phi) is 3.14. The Balaban J connectivity index is 3.04. The summed E-state index contributed by atoms with van der Waals surface area (Å²) in [6, 6.07) is 1.37. The summed E-state index contributed by atoms with van der Waals surface area (Å²) in [5, 5.41) is 26.9. The first-order valence-electron chi connectivity index (χ1n) is 4.35. The van der Waals surface area contributed by atoms with E-state index in [4.69, 9.17) is 10.2 Å². The van der Waals surface area contributed by atoms with Crippen molar-refractivity contribution in [2.75, 3.05) is 0 Å². The topological polar surface area (TPSA) is 77.8 Å². The highest BCUT2D eigenvalue weighted by Crippen LogP contribution is 2.32. The van der Waals surface area contributed by atoms with Gasteiger partial charge in [0.25, 0.3) is 0 Å². The van der Waals surface area contributed by atoms with Crippen LogP contribution in [0.2, 0.25) is 0 Å². The third-order valence-corrected chi connectivity index (χ3v) is 2.09. The highest BCUT2D eigenvalue weighted by Gasteiger charge is 2.15. The fourth-order valence-electron chi connectivity index (χ4n) is 1.26. The summed E-state index contributed by atoms with van der Waals surface area (Å²) in [4.78, 5) is 10.3. The van der Waals surface area contributed by atoms with Crippen molar-refractivity contribution in [1.29, 1.82) is 0 Å². The number of phenolic OH excluding ortho intramolecular Hbond substituents is 2. The van der Waals surface area contributed by atoms with Gasteiger partial charge in [0.2, 0.25) is 5.82 Å². The second kappa shape index (κ2) is 4.16. The molecule has 0 fully saturated rings. The summed E-state index contributed by atoms with van der Waals surface area (Å²) in [5.74, 6) is -3.41. The monoisotopic (exact) mass is 214 g/mol. The molecule has 0 radical (unpaired) electrons. The number of aliphatic carboxylic acids is 1. The summed E-state index contributed by atoms with van der Waals surface area (Å²) < 4.78 is 13.1. The zero-order valence-electron chi connectivity index (χ0n) is 8.12. The number of aryl methyl sites for hydroxylation is 2. The van der Waals surface area contributed by atoms with Gasteiger partial charge >= 0.3 is 5.97 Å². The number of halogens is 1. The molecular formula is C10H11FO4. The van der Waals surface area contributed by atoms with E-state index in [1.54, 1.807) is 0 Å². The highest BCUT2D eigenvalue weighted by atomic mass is 19.1. The van der Waals surface area contributed by atoms with Gasteiger partial charge in [-0.1, -0.05) is 0 Å². The molecule has 0 bridgehead atoms. The lowest BCUT2D eigenvalue weighted by Crippen LogP contribution is -1.99. The van der Waals surface area contributed by atoms with Crippen LogP contribution in [0.4, 0.5) is 4.39 Å². The average molecular weight is 214 g/mol. The number of carbonyl (C=O) groups is 1. The van der Waals surface area contributed by atoms with Crippen molar-refractivity contribution in [1.82, 2.24) is 0 Å². The second-order valence-corrected chi connectivity index (χ2v) is 3.26. The van der Waals surface area contributed by atoms with Crippen LogP contribution >= 0.6 is 0 Å². The van der Waals surface area contributed by atoms with E-state index in [-0.39, 0.29) is 24.0 Å². The average Bonchev–Trinajstić information content (AvgIpc) is 2.18. The molecule has 0 saturated heterocycles. The molecule has 1 rings (SSSR count). The van der Waals surface area contributed by atoms with Crippen LogP contribution in [0.15, 0.2) is 6.07 Å². The zero-order valence-corrected chi connectivity index (χ0v) is 8.12.